The maximum Gasteiger partial charge on any atom is 0.433 e. The highest BCUT2D eigenvalue weighted by Crippen LogP contribution is 2.33. The predicted octanol–water partition coefficient (Wildman–Crippen LogP) is 4.00. The number of pyridine rings is 1. The Labute approximate surface area is 179 Å². The third-order valence-electron chi connectivity index (χ3n) is 4.39. The van der Waals surface area contributed by atoms with Crippen molar-refractivity contribution in [1.29, 1.82) is 0 Å². The van der Waals surface area contributed by atoms with Crippen molar-refractivity contribution in [2.24, 2.45) is 0 Å². The van der Waals surface area contributed by atoms with E-state index in [0.29, 0.717) is 21.6 Å². The van der Waals surface area contributed by atoms with Gasteiger partial charge in [-0.3, -0.25) is 9.78 Å². The lowest BCUT2D eigenvalue weighted by molar-refractivity contribution is -0.142. The molecule has 0 saturated carbocycles. The number of hydrogen-bond donors (Lipinski definition) is 1. The van der Waals surface area contributed by atoms with E-state index >= 15 is 0 Å². The molecular formula is C21H15F3N6O2. The molecule has 0 saturated heterocycles. The van der Waals surface area contributed by atoms with Crippen molar-refractivity contribution in [1.82, 2.24) is 24.7 Å². The fourth-order valence-corrected chi connectivity index (χ4v) is 2.86. The van der Waals surface area contributed by atoms with Crippen molar-refractivity contribution in [2.75, 3.05) is 12.4 Å². The Hall–Kier alpha value is -4.28. The van der Waals surface area contributed by atoms with Crippen LogP contribution in [0.15, 0.2) is 67.3 Å². The molecule has 3 heterocycles. The average Bonchev–Trinajstić information content (AvgIpc) is 3.26. The summed E-state index contributed by atoms with van der Waals surface area (Å²) in [6.45, 7) is 0. The minimum Gasteiger partial charge on any atom is -0.497 e. The molecule has 0 aliphatic carbocycles. The molecule has 0 fully saturated rings. The van der Waals surface area contributed by atoms with E-state index < -0.39 is 17.8 Å². The smallest absolute Gasteiger partial charge is 0.433 e. The lowest BCUT2D eigenvalue weighted by atomic mass is 10.2. The summed E-state index contributed by atoms with van der Waals surface area (Å²) >= 11 is 0. The summed E-state index contributed by atoms with van der Waals surface area (Å²) in [5.74, 6) is -0.0663. The number of hydrogen-bond acceptors (Lipinski definition) is 6. The predicted molar refractivity (Wildman–Crippen MR) is 108 cm³/mol. The van der Waals surface area contributed by atoms with Gasteiger partial charge in [0.25, 0.3) is 5.91 Å². The number of halogens is 3. The van der Waals surface area contributed by atoms with Gasteiger partial charge >= 0.3 is 6.18 Å². The standard InChI is InChI=1S/C21H15F3N6O2/c1-32-15-6-2-4-13(8-15)20(31)28-18-11-27-19(12-26-18)30-17(21(22,23)24)9-16(29-30)14-5-3-7-25-10-14/h2-12H,1H3,(H,26,28,31). The summed E-state index contributed by atoms with van der Waals surface area (Å²) in [7, 11) is 1.48. The third-order valence-corrected chi connectivity index (χ3v) is 4.39. The van der Waals surface area contributed by atoms with Crippen LogP contribution in [-0.4, -0.2) is 37.7 Å². The molecule has 3 aromatic heterocycles. The van der Waals surface area contributed by atoms with Crippen molar-refractivity contribution in [3.05, 3.63) is 78.5 Å². The van der Waals surface area contributed by atoms with Crippen molar-refractivity contribution >= 4 is 11.7 Å². The van der Waals surface area contributed by atoms with Gasteiger partial charge in [0.1, 0.15) is 5.75 Å². The van der Waals surface area contributed by atoms with Gasteiger partial charge in [-0.05, 0) is 36.4 Å². The summed E-state index contributed by atoms with van der Waals surface area (Å²) in [5.41, 5.74) is -0.184. The Balaban J connectivity index is 1.61. The van der Waals surface area contributed by atoms with Gasteiger partial charge < -0.3 is 10.1 Å². The molecule has 162 valence electrons. The number of rotatable bonds is 5. The number of carbonyl (C=O) groups is 1. The Morgan fingerprint density at radius 1 is 1.06 bits per heavy atom. The third kappa shape index (κ3) is 4.41. The van der Waals surface area contributed by atoms with Gasteiger partial charge in [-0.25, -0.2) is 14.6 Å². The molecule has 4 aromatic rings. The summed E-state index contributed by atoms with van der Waals surface area (Å²) in [6.07, 6.45) is 0.495. The Morgan fingerprint density at radius 3 is 2.56 bits per heavy atom. The number of alkyl halides is 3. The number of nitrogens with one attached hydrogen (secondary N) is 1. The molecule has 0 atom stereocenters. The lowest BCUT2D eigenvalue weighted by Crippen LogP contribution is -2.16. The SMILES string of the molecule is COc1cccc(C(=O)Nc2cnc(-n3nc(-c4cccnc4)cc3C(F)(F)F)cn2)c1. The van der Waals surface area contributed by atoms with E-state index in [-0.39, 0.29) is 17.3 Å². The van der Waals surface area contributed by atoms with Crippen molar-refractivity contribution in [3.8, 4) is 22.8 Å². The van der Waals surface area contributed by atoms with E-state index in [0.717, 1.165) is 18.5 Å². The van der Waals surface area contributed by atoms with E-state index in [4.69, 9.17) is 4.74 Å². The summed E-state index contributed by atoms with van der Waals surface area (Å²) in [6, 6.07) is 10.6. The quantitative estimate of drug-likeness (QED) is 0.504. The number of anilines is 1. The lowest BCUT2D eigenvalue weighted by Gasteiger charge is -2.10. The van der Waals surface area contributed by atoms with Gasteiger partial charge in [-0.2, -0.15) is 18.3 Å². The average molecular weight is 440 g/mol. The number of benzene rings is 1. The molecule has 1 N–H and O–H groups in total. The first-order valence-corrected chi connectivity index (χ1v) is 9.20. The Morgan fingerprint density at radius 2 is 1.91 bits per heavy atom. The van der Waals surface area contributed by atoms with Crippen LogP contribution in [-0.2, 0) is 6.18 Å². The van der Waals surface area contributed by atoms with Gasteiger partial charge in [-0.15, -0.1) is 0 Å². The number of carbonyl (C=O) groups excluding carboxylic acids is 1. The second-order valence-electron chi connectivity index (χ2n) is 6.51. The first-order chi connectivity index (χ1) is 15.3. The zero-order valence-electron chi connectivity index (χ0n) is 16.5. The van der Waals surface area contributed by atoms with Gasteiger partial charge in [0.15, 0.2) is 17.3 Å². The summed E-state index contributed by atoms with van der Waals surface area (Å²) < 4.78 is 46.5. The maximum atomic E-state index is 13.6. The molecule has 0 aliphatic heterocycles. The maximum absolute atomic E-state index is 13.6. The zero-order valence-corrected chi connectivity index (χ0v) is 16.5. The second kappa shape index (κ2) is 8.46. The van der Waals surface area contributed by atoms with Gasteiger partial charge in [0, 0.05) is 23.5 Å². The number of methoxy groups -OCH3 is 1. The molecule has 4 rings (SSSR count). The Kier molecular flexibility index (Phi) is 5.54. The van der Waals surface area contributed by atoms with E-state index in [1.54, 1.807) is 30.3 Å². The van der Waals surface area contributed by atoms with Crippen LogP contribution >= 0.6 is 0 Å². The Bertz CT molecular complexity index is 1240. The monoisotopic (exact) mass is 440 g/mol. The fraction of sp³-hybridized carbons (Fsp3) is 0.0952. The van der Waals surface area contributed by atoms with E-state index in [2.05, 4.69) is 25.4 Å². The van der Waals surface area contributed by atoms with E-state index in [1.165, 1.54) is 25.6 Å². The van der Waals surface area contributed by atoms with Crippen LogP contribution in [0.3, 0.4) is 0 Å². The normalized spacial score (nSPS) is 11.2. The molecule has 1 amide bonds. The molecule has 8 nitrogen and oxygen atoms in total. The molecule has 0 spiro atoms. The van der Waals surface area contributed by atoms with Crippen LogP contribution in [0.5, 0.6) is 5.75 Å². The molecule has 11 heteroatoms. The highest BCUT2D eigenvalue weighted by atomic mass is 19.4. The molecule has 1 aromatic carbocycles. The van der Waals surface area contributed by atoms with Crippen molar-refractivity contribution < 1.29 is 22.7 Å². The highest BCUT2D eigenvalue weighted by molar-refractivity contribution is 6.03. The van der Waals surface area contributed by atoms with Gasteiger partial charge in [0.2, 0.25) is 0 Å². The largest absolute Gasteiger partial charge is 0.497 e. The topological polar surface area (TPSA) is 94.8 Å². The van der Waals surface area contributed by atoms with Crippen LogP contribution < -0.4 is 10.1 Å². The van der Waals surface area contributed by atoms with Crippen molar-refractivity contribution in [2.45, 2.75) is 6.18 Å². The molecule has 32 heavy (non-hydrogen) atoms. The van der Waals surface area contributed by atoms with Crippen LogP contribution in [0.25, 0.3) is 17.1 Å². The van der Waals surface area contributed by atoms with Crippen molar-refractivity contribution in [3.63, 3.8) is 0 Å². The minimum atomic E-state index is -4.67. The second-order valence-corrected chi connectivity index (χ2v) is 6.51. The van der Waals surface area contributed by atoms with Crippen LogP contribution in [0.2, 0.25) is 0 Å². The fourth-order valence-electron chi connectivity index (χ4n) is 2.86. The summed E-state index contributed by atoms with van der Waals surface area (Å²) in [4.78, 5) is 24.3. The van der Waals surface area contributed by atoms with Gasteiger partial charge in [0.05, 0.1) is 25.2 Å². The molecular weight excluding hydrogens is 425 g/mol. The highest BCUT2D eigenvalue weighted by Gasteiger charge is 2.37. The number of amides is 1. The minimum absolute atomic E-state index is 0.0646. The first kappa shape index (κ1) is 21.0. The number of aromatic nitrogens is 5. The zero-order chi connectivity index (χ0) is 22.7. The van der Waals surface area contributed by atoms with Gasteiger partial charge in [-0.1, -0.05) is 6.07 Å². The van der Waals surface area contributed by atoms with E-state index in [9.17, 15) is 18.0 Å². The molecule has 0 aliphatic rings. The summed E-state index contributed by atoms with van der Waals surface area (Å²) in [5, 5.41) is 6.56. The number of nitrogens with zero attached hydrogens (tertiary/aromatic N) is 5. The van der Waals surface area contributed by atoms with E-state index in [1.807, 2.05) is 0 Å². The van der Waals surface area contributed by atoms with Crippen LogP contribution in [0.4, 0.5) is 19.0 Å². The molecule has 0 unspecified atom stereocenters. The van der Waals surface area contributed by atoms with Crippen LogP contribution in [0.1, 0.15) is 16.1 Å². The van der Waals surface area contributed by atoms with Crippen LogP contribution in [0, 0.1) is 0 Å². The molecule has 0 radical (unpaired) electrons. The first-order valence-electron chi connectivity index (χ1n) is 9.20. The molecule has 0 bridgehead atoms. The number of ether oxygens (including phenoxy) is 1.